The van der Waals surface area contributed by atoms with E-state index in [1.165, 1.54) is 11.8 Å². The van der Waals surface area contributed by atoms with Gasteiger partial charge in [0.1, 0.15) is 17.5 Å². The van der Waals surface area contributed by atoms with Crippen molar-refractivity contribution < 1.29 is 19.6 Å². The quantitative estimate of drug-likeness (QED) is 0.444. The molecule has 0 radical (unpaired) electrons. The average Bonchev–Trinajstić information content (AvgIpc) is 3.20. The van der Waals surface area contributed by atoms with Crippen molar-refractivity contribution in [3.05, 3.63) is 30.5 Å². The van der Waals surface area contributed by atoms with Crippen LogP contribution in [0.25, 0.3) is 11.3 Å². The first-order valence-corrected chi connectivity index (χ1v) is 10.6. The van der Waals surface area contributed by atoms with Gasteiger partial charge in [0.05, 0.1) is 31.7 Å². The first kappa shape index (κ1) is 20.3. The van der Waals surface area contributed by atoms with Gasteiger partial charge in [-0.05, 0) is 18.1 Å². The number of piperidine rings is 3. The fourth-order valence-corrected chi connectivity index (χ4v) is 4.78. The number of nitrogens with one attached hydrogen (secondary N) is 3. The Balaban J connectivity index is 1.32. The minimum absolute atomic E-state index is 0.0425. The maximum atomic E-state index is 12.6. The Labute approximate surface area is 175 Å². The Hall–Kier alpha value is -2.94. The predicted octanol–water partition coefficient (Wildman–Crippen LogP) is -0.804. The molecule has 1 aromatic heterocycles. The monoisotopic (exact) mass is 413 g/mol. The minimum atomic E-state index is -0.0836. The summed E-state index contributed by atoms with van der Waals surface area (Å²) in [6.45, 7) is 5.10. The normalized spacial score (nSPS) is 25.1. The molecule has 4 N–H and O–H groups in total. The molecule has 1 unspecified atom stereocenters. The highest BCUT2D eigenvalue weighted by Crippen LogP contribution is 2.28. The lowest BCUT2D eigenvalue weighted by Crippen LogP contribution is -3.20. The molecule has 2 bridgehead atoms. The summed E-state index contributed by atoms with van der Waals surface area (Å²) in [6.07, 6.45) is 3.99. The van der Waals surface area contributed by atoms with Crippen LogP contribution in [0.3, 0.4) is 0 Å². The molecule has 9 heteroatoms. The van der Waals surface area contributed by atoms with E-state index in [1.807, 2.05) is 16.9 Å². The van der Waals surface area contributed by atoms with E-state index in [0.29, 0.717) is 25.0 Å². The number of carbonyl (C=O) groups is 2. The van der Waals surface area contributed by atoms with Gasteiger partial charge in [-0.15, -0.1) is 5.10 Å². The van der Waals surface area contributed by atoms with Gasteiger partial charge in [0.15, 0.2) is 0 Å². The lowest BCUT2D eigenvalue weighted by atomic mass is 9.75. The zero-order valence-electron chi connectivity index (χ0n) is 17.2. The molecule has 3 aliphatic heterocycles. The van der Waals surface area contributed by atoms with Crippen LogP contribution in [-0.4, -0.2) is 64.1 Å². The number of hydrogen-bond acceptors (Lipinski definition) is 5. The van der Waals surface area contributed by atoms with E-state index >= 15 is 0 Å². The average molecular weight is 414 g/mol. The summed E-state index contributed by atoms with van der Waals surface area (Å²) in [6, 6.07) is 7.43. The van der Waals surface area contributed by atoms with Crippen LogP contribution in [0.4, 0.5) is 0 Å². The number of benzene rings is 1. The fraction of sp³-hybridized carbons (Fsp3) is 0.524. The van der Waals surface area contributed by atoms with Crippen molar-refractivity contribution in [2.45, 2.75) is 32.4 Å². The summed E-state index contributed by atoms with van der Waals surface area (Å²) in [4.78, 5) is 25.0. The van der Waals surface area contributed by atoms with Gasteiger partial charge in [-0.2, -0.15) is 0 Å². The Morgan fingerprint density at radius 2 is 2.13 bits per heavy atom. The molecular formula is C21H29N6O3+. The van der Waals surface area contributed by atoms with E-state index in [9.17, 15) is 14.7 Å². The first-order valence-electron chi connectivity index (χ1n) is 10.6. The second-order valence-corrected chi connectivity index (χ2v) is 8.35. The highest BCUT2D eigenvalue weighted by atomic mass is 16.3. The zero-order chi connectivity index (χ0) is 21.1. The largest absolute Gasteiger partial charge is 0.508 e. The van der Waals surface area contributed by atoms with Crippen LogP contribution in [0.5, 0.6) is 5.75 Å². The Morgan fingerprint density at radius 1 is 1.30 bits per heavy atom. The fourth-order valence-electron chi connectivity index (χ4n) is 4.78. The minimum Gasteiger partial charge on any atom is -0.508 e. The van der Waals surface area contributed by atoms with E-state index in [1.54, 1.807) is 18.2 Å². The number of phenols is 1. The highest BCUT2D eigenvalue weighted by molar-refractivity contribution is 5.79. The van der Waals surface area contributed by atoms with Crippen LogP contribution < -0.4 is 15.5 Å². The Morgan fingerprint density at radius 3 is 2.87 bits per heavy atom. The zero-order valence-corrected chi connectivity index (χ0v) is 17.2. The molecule has 2 amide bonds. The van der Waals surface area contributed by atoms with E-state index in [-0.39, 0.29) is 23.5 Å². The molecule has 5 rings (SSSR count). The van der Waals surface area contributed by atoms with Gasteiger partial charge in [-0.25, -0.2) is 4.68 Å². The third kappa shape index (κ3) is 4.62. The van der Waals surface area contributed by atoms with Crippen molar-refractivity contribution >= 4 is 11.8 Å². The van der Waals surface area contributed by atoms with Crippen LogP contribution in [-0.2, 0) is 16.1 Å². The van der Waals surface area contributed by atoms with E-state index in [4.69, 9.17) is 0 Å². The third-order valence-electron chi connectivity index (χ3n) is 6.27. The van der Waals surface area contributed by atoms with Crippen LogP contribution in [0, 0.1) is 11.8 Å². The lowest BCUT2D eigenvalue weighted by molar-refractivity contribution is -0.945. The van der Waals surface area contributed by atoms with Crippen molar-refractivity contribution in [3.8, 4) is 17.0 Å². The molecule has 3 saturated heterocycles. The topological polar surface area (TPSA) is 114 Å². The molecule has 3 fully saturated rings. The van der Waals surface area contributed by atoms with Crippen LogP contribution >= 0.6 is 0 Å². The molecule has 4 heterocycles. The number of fused-ring (bicyclic) bond motifs is 3. The maximum Gasteiger partial charge on any atom is 0.229 e. The number of carbonyl (C=O) groups excluding carboxylic acids is 2. The van der Waals surface area contributed by atoms with Gasteiger partial charge in [0.25, 0.3) is 0 Å². The molecule has 0 saturated carbocycles. The molecule has 1 aromatic carbocycles. The number of amides is 2. The van der Waals surface area contributed by atoms with E-state index < -0.39 is 0 Å². The van der Waals surface area contributed by atoms with Crippen molar-refractivity contribution in [1.29, 1.82) is 0 Å². The lowest BCUT2D eigenvalue weighted by Gasteiger charge is -2.46. The molecule has 2 aromatic rings. The number of rotatable bonds is 7. The molecule has 9 nitrogen and oxygen atoms in total. The van der Waals surface area contributed by atoms with Gasteiger partial charge >= 0.3 is 0 Å². The smallest absolute Gasteiger partial charge is 0.229 e. The molecule has 160 valence electrons. The summed E-state index contributed by atoms with van der Waals surface area (Å²) in [5.74, 6) is 0.666. The van der Waals surface area contributed by atoms with Crippen LogP contribution in [0.1, 0.15) is 19.8 Å². The third-order valence-corrected chi connectivity index (χ3v) is 6.27. The Kier molecular flexibility index (Phi) is 5.98. The van der Waals surface area contributed by atoms with Crippen LogP contribution in [0.2, 0.25) is 0 Å². The van der Waals surface area contributed by atoms with Crippen molar-refractivity contribution in [1.82, 2.24) is 25.6 Å². The number of nitrogens with zero attached hydrogens (tertiary/aromatic N) is 3. The van der Waals surface area contributed by atoms with Crippen molar-refractivity contribution in [3.63, 3.8) is 0 Å². The molecule has 30 heavy (non-hydrogen) atoms. The molecule has 3 aliphatic rings. The van der Waals surface area contributed by atoms with E-state index in [0.717, 1.165) is 43.7 Å². The maximum absolute atomic E-state index is 12.6. The van der Waals surface area contributed by atoms with Gasteiger partial charge in [0, 0.05) is 38.4 Å². The SMILES string of the molecule is CC(=O)NCCNC(=O)[C@H]1C[NH+]2CC[C@@H]1C[C@@H]2Cn1cc(-c2cccc(O)c2)nn1. The van der Waals surface area contributed by atoms with Gasteiger partial charge < -0.3 is 20.6 Å². The first-order chi connectivity index (χ1) is 14.5. The molecule has 0 spiro atoms. The van der Waals surface area contributed by atoms with E-state index in [2.05, 4.69) is 20.9 Å². The van der Waals surface area contributed by atoms with Crippen LogP contribution in [0.15, 0.2) is 30.5 Å². The Bertz CT molecular complexity index is 914. The number of aromatic nitrogens is 3. The standard InChI is InChI=1S/C21H28N6O3/c1-14(28)22-6-7-23-21(30)19-12-26-8-5-15(19)9-17(26)11-27-13-20(24-25-27)16-3-2-4-18(29)10-16/h2-4,10,13,15,17,19,29H,5-9,11-12H2,1H3,(H,22,28)(H,23,30)/p+1/t15-,17-,19+/m1/s1. The van der Waals surface area contributed by atoms with Gasteiger partial charge in [-0.3, -0.25) is 9.59 Å². The highest BCUT2D eigenvalue weighted by Gasteiger charge is 2.46. The van der Waals surface area contributed by atoms with Crippen molar-refractivity contribution in [2.24, 2.45) is 11.8 Å². The summed E-state index contributed by atoms with van der Waals surface area (Å²) in [5, 5.41) is 23.9. The number of quaternary nitrogens is 1. The second-order valence-electron chi connectivity index (χ2n) is 8.35. The summed E-state index contributed by atoms with van der Waals surface area (Å²) < 4.78 is 1.88. The van der Waals surface area contributed by atoms with Gasteiger partial charge in [0.2, 0.25) is 11.8 Å². The number of aromatic hydroxyl groups is 1. The number of hydrogen-bond donors (Lipinski definition) is 4. The summed E-state index contributed by atoms with van der Waals surface area (Å²) in [5.41, 5.74) is 1.59. The van der Waals surface area contributed by atoms with Crippen molar-refractivity contribution in [2.75, 3.05) is 26.2 Å². The summed E-state index contributed by atoms with van der Waals surface area (Å²) in [7, 11) is 0. The predicted molar refractivity (Wildman–Crippen MR) is 110 cm³/mol. The molecule has 0 aliphatic carbocycles. The number of phenolic OH excluding ortho intramolecular Hbond substituents is 1. The summed E-state index contributed by atoms with van der Waals surface area (Å²) >= 11 is 0. The molecular weight excluding hydrogens is 384 g/mol. The second kappa shape index (κ2) is 8.83. The van der Waals surface area contributed by atoms with Gasteiger partial charge in [-0.1, -0.05) is 17.3 Å². The molecule has 4 atom stereocenters.